The summed E-state index contributed by atoms with van der Waals surface area (Å²) in [6.07, 6.45) is 2.62. The third-order valence-electron chi connectivity index (χ3n) is 5.83. The predicted molar refractivity (Wildman–Crippen MR) is 138 cm³/mol. The van der Waals surface area contributed by atoms with Crippen LogP contribution in [0.5, 0.6) is 5.75 Å². The molecule has 178 valence electrons. The van der Waals surface area contributed by atoms with Gasteiger partial charge in [-0.25, -0.2) is 0 Å². The second-order valence-corrected chi connectivity index (χ2v) is 9.46. The second kappa shape index (κ2) is 11.9. The van der Waals surface area contributed by atoms with Crippen LogP contribution in [0.4, 0.5) is 0 Å². The number of thiazole rings is 1. The van der Waals surface area contributed by atoms with Gasteiger partial charge in [0.05, 0.1) is 4.70 Å². The van der Waals surface area contributed by atoms with Crippen LogP contribution in [0.3, 0.4) is 0 Å². The molecule has 0 saturated carbocycles. The highest BCUT2D eigenvalue weighted by atomic mass is 32.1. The first-order valence-corrected chi connectivity index (χ1v) is 12.5. The Bertz CT molecular complexity index is 1250. The summed E-state index contributed by atoms with van der Waals surface area (Å²) in [5, 5.41) is 27.0. The number of aliphatic hydroxyl groups is 1. The average molecular weight is 478 g/mol. The Hall–Kier alpha value is -2.97. The van der Waals surface area contributed by atoms with Crippen LogP contribution in [0, 0.1) is 0 Å². The van der Waals surface area contributed by atoms with Gasteiger partial charge in [0, 0.05) is 19.5 Å². The van der Waals surface area contributed by atoms with Crippen molar-refractivity contribution in [2.24, 2.45) is 0 Å². The summed E-state index contributed by atoms with van der Waals surface area (Å²) in [4.78, 5) is 14.1. The number of aromatic nitrogens is 1. The number of aromatic amines is 1. The summed E-state index contributed by atoms with van der Waals surface area (Å²) in [5.41, 5.74) is 5.12. The zero-order valence-corrected chi connectivity index (χ0v) is 19.9. The number of benzene rings is 3. The Morgan fingerprint density at radius 1 is 0.912 bits per heavy atom. The number of aliphatic hydroxyl groups excluding tert-OH is 1. The molecule has 0 aliphatic carbocycles. The van der Waals surface area contributed by atoms with Gasteiger partial charge in [-0.3, -0.25) is 10.1 Å². The molecule has 0 aliphatic rings. The third-order valence-corrected chi connectivity index (χ3v) is 6.79. The molecule has 0 fully saturated rings. The number of rotatable bonds is 12. The van der Waals surface area contributed by atoms with Gasteiger partial charge in [0.25, 0.3) is 0 Å². The average Bonchev–Trinajstić information content (AvgIpc) is 3.24. The summed E-state index contributed by atoms with van der Waals surface area (Å²) in [6.45, 7) is 2.46. The van der Waals surface area contributed by atoms with Crippen molar-refractivity contribution in [1.82, 2.24) is 15.6 Å². The molecule has 7 heteroatoms. The van der Waals surface area contributed by atoms with Gasteiger partial charge in [0.1, 0.15) is 17.5 Å². The normalized spacial score (nSPS) is 12.3. The highest BCUT2D eigenvalue weighted by Gasteiger charge is 2.13. The van der Waals surface area contributed by atoms with Crippen LogP contribution in [0.25, 0.3) is 10.2 Å². The van der Waals surface area contributed by atoms with Gasteiger partial charge in [0.2, 0.25) is 0 Å². The molecule has 1 atom stereocenters. The number of aryl methyl sites for hydroxylation is 1. The number of phenolic OH excluding ortho intramolecular Hbond substituents is 1. The van der Waals surface area contributed by atoms with Crippen molar-refractivity contribution in [3.05, 3.63) is 98.7 Å². The van der Waals surface area contributed by atoms with E-state index in [0.29, 0.717) is 23.2 Å². The molecule has 0 saturated heterocycles. The molecule has 1 unspecified atom stereocenters. The van der Waals surface area contributed by atoms with E-state index in [-0.39, 0.29) is 10.6 Å². The minimum Gasteiger partial charge on any atom is -0.506 e. The lowest BCUT2D eigenvalue weighted by atomic mass is 10.1. The van der Waals surface area contributed by atoms with Crippen molar-refractivity contribution in [3.63, 3.8) is 0 Å². The predicted octanol–water partition coefficient (Wildman–Crippen LogP) is 3.71. The highest BCUT2D eigenvalue weighted by molar-refractivity contribution is 7.16. The van der Waals surface area contributed by atoms with E-state index in [0.717, 1.165) is 49.3 Å². The summed E-state index contributed by atoms with van der Waals surface area (Å²) in [6, 6.07) is 22.4. The number of phenols is 1. The van der Waals surface area contributed by atoms with E-state index in [4.69, 9.17) is 0 Å². The van der Waals surface area contributed by atoms with E-state index in [1.165, 1.54) is 16.7 Å². The van der Waals surface area contributed by atoms with Crippen molar-refractivity contribution in [1.29, 1.82) is 0 Å². The lowest BCUT2D eigenvalue weighted by Gasteiger charge is -2.14. The first-order chi connectivity index (χ1) is 16.6. The van der Waals surface area contributed by atoms with Crippen LogP contribution in [0.2, 0.25) is 0 Å². The molecule has 6 nitrogen and oxygen atoms in total. The summed E-state index contributed by atoms with van der Waals surface area (Å²) >= 11 is 1.05. The van der Waals surface area contributed by atoms with Crippen molar-refractivity contribution >= 4 is 21.6 Å². The fraction of sp³-hybridized carbons (Fsp3) is 0.296. The van der Waals surface area contributed by atoms with E-state index in [1.807, 2.05) is 6.07 Å². The summed E-state index contributed by atoms with van der Waals surface area (Å²) in [7, 11) is 0. The number of hydrogen-bond acceptors (Lipinski definition) is 6. The van der Waals surface area contributed by atoms with Crippen LogP contribution in [-0.2, 0) is 25.8 Å². The van der Waals surface area contributed by atoms with Gasteiger partial charge in [-0.1, -0.05) is 72.0 Å². The monoisotopic (exact) mass is 477 g/mol. The molecule has 1 heterocycles. The molecular weight excluding hydrogens is 446 g/mol. The van der Waals surface area contributed by atoms with E-state index >= 15 is 0 Å². The van der Waals surface area contributed by atoms with Crippen LogP contribution in [0.1, 0.15) is 28.7 Å². The van der Waals surface area contributed by atoms with Crippen LogP contribution < -0.4 is 15.5 Å². The van der Waals surface area contributed by atoms with Gasteiger partial charge in [-0.15, -0.1) is 0 Å². The maximum absolute atomic E-state index is 11.7. The van der Waals surface area contributed by atoms with E-state index in [2.05, 4.69) is 64.1 Å². The Kier molecular flexibility index (Phi) is 8.49. The molecule has 5 N–H and O–H groups in total. The Labute approximate surface area is 203 Å². The van der Waals surface area contributed by atoms with Gasteiger partial charge in [-0.2, -0.15) is 0 Å². The number of H-pyrrole nitrogens is 1. The smallest absolute Gasteiger partial charge is 0.305 e. The minimum absolute atomic E-state index is 0.0464. The quantitative estimate of drug-likeness (QED) is 0.158. The van der Waals surface area contributed by atoms with Crippen molar-refractivity contribution in [2.45, 2.75) is 38.5 Å². The molecule has 0 amide bonds. The van der Waals surface area contributed by atoms with E-state index in [1.54, 1.807) is 12.1 Å². The molecule has 34 heavy (non-hydrogen) atoms. The fourth-order valence-corrected chi connectivity index (χ4v) is 4.97. The molecule has 0 radical (unpaired) electrons. The minimum atomic E-state index is -0.737. The first-order valence-electron chi connectivity index (χ1n) is 11.7. The van der Waals surface area contributed by atoms with Gasteiger partial charge in [0.15, 0.2) is 0 Å². The third kappa shape index (κ3) is 6.77. The zero-order chi connectivity index (χ0) is 23.8. The van der Waals surface area contributed by atoms with Gasteiger partial charge < -0.3 is 20.5 Å². The zero-order valence-electron chi connectivity index (χ0n) is 19.1. The molecule has 0 spiro atoms. The molecule has 1 aromatic heterocycles. The molecule has 0 aliphatic heterocycles. The second-order valence-electron chi connectivity index (χ2n) is 8.47. The number of fused-ring (bicyclic) bond motifs is 1. The maximum Gasteiger partial charge on any atom is 0.305 e. The van der Waals surface area contributed by atoms with Gasteiger partial charge in [-0.05, 0) is 54.1 Å². The molecule has 4 rings (SSSR count). The summed E-state index contributed by atoms with van der Waals surface area (Å²) in [5.74, 6) is 0.0464. The standard InChI is InChI=1S/C27H31N3O3S/c31-23-12-11-22(26-25(23)30-27(33)34-26)17-24(32)29-15-13-20-8-4-9-21(16-20)18-28-14-5-10-19-6-2-1-3-7-19/h1-4,6-9,11-12,16,24,28-29,31-32H,5,10,13-15,17-18H2,(H,30,33). The molecular formula is C27H31N3O3S. The maximum atomic E-state index is 11.7. The lowest BCUT2D eigenvalue weighted by molar-refractivity contribution is 0.138. The highest BCUT2D eigenvalue weighted by Crippen LogP contribution is 2.28. The number of nitrogens with one attached hydrogen (secondary N) is 3. The molecule has 4 aromatic rings. The van der Waals surface area contributed by atoms with E-state index in [9.17, 15) is 15.0 Å². The lowest BCUT2D eigenvalue weighted by Crippen LogP contribution is -2.32. The Balaban J connectivity index is 1.19. The SMILES string of the molecule is O=c1[nH]c2c(O)ccc(CC(O)NCCc3cccc(CNCCCc4ccccc4)c3)c2s1. The Morgan fingerprint density at radius 2 is 1.71 bits per heavy atom. The van der Waals surface area contributed by atoms with Crippen LogP contribution in [-0.4, -0.2) is 34.5 Å². The Morgan fingerprint density at radius 3 is 2.56 bits per heavy atom. The van der Waals surface area contributed by atoms with Crippen LogP contribution in [0.15, 0.2) is 71.5 Å². The molecule has 0 bridgehead atoms. The summed E-state index contributed by atoms with van der Waals surface area (Å²) < 4.78 is 0.690. The van der Waals surface area contributed by atoms with Gasteiger partial charge >= 0.3 is 4.87 Å². The largest absolute Gasteiger partial charge is 0.506 e. The van der Waals surface area contributed by atoms with Crippen molar-refractivity contribution in [2.75, 3.05) is 13.1 Å². The van der Waals surface area contributed by atoms with Crippen molar-refractivity contribution < 1.29 is 10.2 Å². The van der Waals surface area contributed by atoms with Crippen LogP contribution >= 0.6 is 11.3 Å². The fourth-order valence-electron chi connectivity index (χ4n) is 4.09. The molecule has 3 aromatic carbocycles. The first kappa shape index (κ1) is 24.2. The topological polar surface area (TPSA) is 97.4 Å². The number of hydrogen-bond donors (Lipinski definition) is 5. The van der Waals surface area contributed by atoms with Crippen molar-refractivity contribution in [3.8, 4) is 5.75 Å². The van der Waals surface area contributed by atoms with E-state index < -0.39 is 6.23 Å². The number of aromatic hydroxyl groups is 1.